The zero-order valence-electron chi connectivity index (χ0n) is 13.5. The van der Waals surface area contributed by atoms with E-state index >= 15 is 0 Å². The number of fused-ring (bicyclic) bond motifs is 1. The Balaban J connectivity index is 1.80. The molecule has 0 spiro atoms. The number of thiazole rings is 1. The van der Waals surface area contributed by atoms with E-state index in [1.807, 2.05) is 18.4 Å². The highest BCUT2D eigenvalue weighted by Crippen LogP contribution is 2.30. The Morgan fingerprint density at radius 3 is 2.92 bits per heavy atom. The van der Waals surface area contributed by atoms with Crippen LogP contribution < -0.4 is 5.32 Å². The molecule has 0 radical (unpaired) electrons. The minimum atomic E-state index is -3.39. The van der Waals surface area contributed by atoms with Gasteiger partial charge in [0.1, 0.15) is 6.04 Å². The Morgan fingerprint density at radius 2 is 2.21 bits per heavy atom. The van der Waals surface area contributed by atoms with Crippen LogP contribution in [-0.4, -0.2) is 48.7 Å². The smallest absolute Gasteiger partial charge is 0.242 e. The van der Waals surface area contributed by atoms with Crippen molar-refractivity contribution in [3.05, 3.63) is 18.2 Å². The number of hydrogen-bond donors (Lipinski definition) is 1. The SMILES string of the molecule is CSc1nc2ccc(NC(=O)C3CCCCN3S(C)(=O)=O)cc2s1. The van der Waals surface area contributed by atoms with Crippen molar-refractivity contribution in [3.63, 3.8) is 0 Å². The highest BCUT2D eigenvalue weighted by molar-refractivity contribution is 8.00. The molecule has 1 N–H and O–H groups in total. The van der Waals surface area contributed by atoms with Crippen LogP contribution in [0.4, 0.5) is 5.69 Å². The second-order valence-corrected chi connectivity index (χ2v) is 9.76. The Morgan fingerprint density at radius 1 is 1.42 bits per heavy atom. The van der Waals surface area contributed by atoms with Crippen LogP contribution in [0.5, 0.6) is 0 Å². The molecule has 24 heavy (non-hydrogen) atoms. The van der Waals surface area contributed by atoms with Gasteiger partial charge < -0.3 is 5.32 Å². The molecule has 1 aromatic heterocycles. The van der Waals surface area contributed by atoms with Gasteiger partial charge in [-0.25, -0.2) is 13.4 Å². The van der Waals surface area contributed by atoms with E-state index in [1.165, 1.54) is 4.31 Å². The van der Waals surface area contributed by atoms with Crippen LogP contribution in [0.2, 0.25) is 0 Å². The van der Waals surface area contributed by atoms with Gasteiger partial charge >= 0.3 is 0 Å². The number of nitrogens with zero attached hydrogens (tertiary/aromatic N) is 2. The van der Waals surface area contributed by atoms with E-state index in [9.17, 15) is 13.2 Å². The van der Waals surface area contributed by atoms with Crippen LogP contribution in [0.3, 0.4) is 0 Å². The van der Waals surface area contributed by atoms with Crippen LogP contribution in [0, 0.1) is 0 Å². The summed E-state index contributed by atoms with van der Waals surface area (Å²) in [7, 11) is -3.39. The fraction of sp³-hybridized carbons (Fsp3) is 0.467. The molecule has 3 rings (SSSR count). The van der Waals surface area contributed by atoms with Crippen molar-refractivity contribution in [2.24, 2.45) is 0 Å². The summed E-state index contributed by atoms with van der Waals surface area (Å²) in [6, 6.07) is 4.93. The van der Waals surface area contributed by atoms with Gasteiger partial charge in [0.15, 0.2) is 4.34 Å². The summed E-state index contributed by atoms with van der Waals surface area (Å²) in [5.74, 6) is -0.269. The van der Waals surface area contributed by atoms with Crippen molar-refractivity contribution in [1.82, 2.24) is 9.29 Å². The predicted octanol–water partition coefficient (Wildman–Crippen LogP) is 2.77. The number of benzene rings is 1. The quantitative estimate of drug-likeness (QED) is 0.819. The van der Waals surface area contributed by atoms with Gasteiger partial charge in [0.25, 0.3) is 0 Å². The number of amides is 1. The molecule has 1 aliphatic rings. The number of carbonyl (C=O) groups is 1. The summed E-state index contributed by atoms with van der Waals surface area (Å²) in [5.41, 5.74) is 1.57. The first kappa shape index (κ1) is 17.7. The van der Waals surface area contributed by atoms with E-state index in [1.54, 1.807) is 29.2 Å². The zero-order chi connectivity index (χ0) is 17.3. The fourth-order valence-electron chi connectivity index (χ4n) is 2.86. The predicted molar refractivity (Wildman–Crippen MR) is 99.2 cm³/mol. The van der Waals surface area contributed by atoms with E-state index in [0.717, 1.165) is 33.7 Å². The van der Waals surface area contributed by atoms with Crippen molar-refractivity contribution in [2.45, 2.75) is 29.6 Å². The van der Waals surface area contributed by atoms with Crippen LogP contribution in [0.25, 0.3) is 10.2 Å². The summed E-state index contributed by atoms with van der Waals surface area (Å²) in [4.78, 5) is 17.1. The summed E-state index contributed by atoms with van der Waals surface area (Å²) < 4.78 is 27.1. The molecule has 0 aliphatic carbocycles. The van der Waals surface area contributed by atoms with E-state index in [4.69, 9.17) is 0 Å². The average Bonchev–Trinajstić information content (AvgIpc) is 2.96. The van der Waals surface area contributed by atoms with Crippen molar-refractivity contribution in [3.8, 4) is 0 Å². The first-order chi connectivity index (χ1) is 11.4. The van der Waals surface area contributed by atoms with Crippen molar-refractivity contribution in [2.75, 3.05) is 24.4 Å². The van der Waals surface area contributed by atoms with Gasteiger partial charge in [-0.15, -0.1) is 11.3 Å². The molecule has 2 aromatic rings. The van der Waals surface area contributed by atoms with Crippen LogP contribution in [0.1, 0.15) is 19.3 Å². The third kappa shape index (κ3) is 3.74. The second-order valence-electron chi connectivity index (χ2n) is 5.74. The van der Waals surface area contributed by atoms with E-state index < -0.39 is 16.1 Å². The molecule has 1 unspecified atom stereocenters. The number of thioether (sulfide) groups is 1. The molecule has 130 valence electrons. The molecular weight excluding hydrogens is 366 g/mol. The zero-order valence-corrected chi connectivity index (χ0v) is 15.9. The van der Waals surface area contributed by atoms with Gasteiger partial charge in [0.05, 0.1) is 16.5 Å². The second kappa shape index (κ2) is 6.99. The van der Waals surface area contributed by atoms with Crippen molar-refractivity contribution in [1.29, 1.82) is 0 Å². The lowest BCUT2D eigenvalue weighted by atomic mass is 10.0. The first-order valence-electron chi connectivity index (χ1n) is 7.61. The van der Waals surface area contributed by atoms with E-state index in [-0.39, 0.29) is 5.91 Å². The summed E-state index contributed by atoms with van der Waals surface area (Å²) in [6.07, 6.45) is 5.34. The molecular formula is C15H19N3O3S3. The van der Waals surface area contributed by atoms with Crippen LogP contribution in [0.15, 0.2) is 22.5 Å². The van der Waals surface area contributed by atoms with E-state index in [0.29, 0.717) is 18.7 Å². The minimum absolute atomic E-state index is 0.269. The topological polar surface area (TPSA) is 79.4 Å². The lowest BCUT2D eigenvalue weighted by Gasteiger charge is -2.32. The molecule has 9 heteroatoms. The maximum atomic E-state index is 12.6. The lowest BCUT2D eigenvalue weighted by molar-refractivity contribution is -0.120. The third-order valence-electron chi connectivity index (χ3n) is 3.99. The molecule has 0 saturated carbocycles. The van der Waals surface area contributed by atoms with E-state index in [2.05, 4.69) is 10.3 Å². The van der Waals surface area contributed by atoms with Crippen LogP contribution in [-0.2, 0) is 14.8 Å². The van der Waals surface area contributed by atoms with Gasteiger partial charge in [-0.05, 0) is 37.3 Å². The summed E-state index contributed by atoms with van der Waals surface area (Å²) in [5, 5.41) is 2.86. The highest BCUT2D eigenvalue weighted by Gasteiger charge is 2.34. The first-order valence-corrected chi connectivity index (χ1v) is 11.5. The van der Waals surface area contributed by atoms with Gasteiger partial charge in [0, 0.05) is 12.2 Å². The van der Waals surface area contributed by atoms with Crippen molar-refractivity contribution < 1.29 is 13.2 Å². The molecule has 2 heterocycles. The molecule has 1 aromatic carbocycles. The van der Waals surface area contributed by atoms with Gasteiger partial charge in [0.2, 0.25) is 15.9 Å². The number of carbonyl (C=O) groups excluding carboxylic acids is 1. The molecule has 1 amide bonds. The molecule has 6 nitrogen and oxygen atoms in total. The van der Waals surface area contributed by atoms with Crippen LogP contribution >= 0.6 is 23.1 Å². The Labute approximate surface area is 149 Å². The minimum Gasteiger partial charge on any atom is -0.325 e. The number of aromatic nitrogens is 1. The number of hydrogen-bond acceptors (Lipinski definition) is 6. The Bertz CT molecular complexity index is 863. The number of rotatable bonds is 4. The molecule has 1 aliphatic heterocycles. The average molecular weight is 386 g/mol. The summed E-state index contributed by atoms with van der Waals surface area (Å²) >= 11 is 3.16. The number of anilines is 1. The third-order valence-corrected chi connectivity index (χ3v) is 7.29. The molecule has 1 atom stereocenters. The Hall–Kier alpha value is -1.16. The largest absolute Gasteiger partial charge is 0.325 e. The Kier molecular flexibility index (Phi) is 5.14. The number of nitrogens with one attached hydrogen (secondary N) is 1. The normalized spacial score (nSPS) is 19.5. The molecule has 1 saturated heterocycles. The van der Waals surface area contributed by atoms with Gasteiger partial charge in [-0.2, -0.15) is 4.31 Å². The lowest BCUT2D eigenvalue weighted by Crippen LogP contribution is -2.49. The maximum absolute atomic E-state index is 12.6. The number of piperidine rings is 1. The van der Waals surface area contributed by atoms with Gasteiger partial charge in [-0.1, -0.05) is 18.2 Å². The van der Waals surface area contributed by atoms with Gasteiger partial charge in [-0.3, -0.25) is 4.79 Å². The van der Waals surface area contributed by atoms with Crippen molar-refractivity contribution >= 4 is 54.9 Å². The molecule has 0 bridgehead atoms. The fourth-order valence-corrected chi connectivity index (χ4v) is 5.51. The number of sulfonamides is 1. The monoisotopic (exact) mass is 385 g/mol. The molecule has 1 fully saturated rings. The highest BCUT2D eigenvalue weighted by atomic mass is 32.2. The summed E-state index contributed by atoms with van der Waals surface area (Å²) in [6.45, 7) is 0.405. The standard InChI is InChI=1S/C15H19N3O3S3/c1-22-15-17-11-7-6-10(9-13(11)23-15)16-14(19)12-5-3-4-8-18(12)24(2,20)21/h6-7,9,12H,3-5,8H2,1-2H3,(H,16,19). The maximum Gasteiger partial charge on any atom is 0.242 e.